The SMILES string of the molecule is CCOc1cccc(S(=O)(=O)N(CC(=O)O)C(C)C)c1. The summed E-state index contributed by atoms with van der Waals surface area (Å²) in [6.45, 7) is 4.91. The molecular formula is C13H19NO5S. The van der Waals surface area contributed by atoms with Gasteiger partial charge >= 0.3 is 5.97 Å². The third kappa shape index (κ3) is 3.94. The molecule has 0 aliphatic carbocycles. The summed E-state index contributed by atoms with van der Waals surface area (Å²) in [4.78, 5) is 10.9. The van der Waals surface area contributed by atoms with E-state index in [9.17, 15) is 13.2 Å². The van der Waals surface area contributed by atoms with Crippen LogP contribution in [0.3, 0.4) is 0 Å². The second kappa shape index (κ2) is 6.71. The molecule has 1 rings (SSSR count). The summed E-state index contributed by atoms with van der Waals surface area (Å²) in [7, 11) is -3.86. The molecule has 0 aliphatic rings. The number of hydrogen-bond acceptors (Lipinski definition) is 4. The normalized spacial score (nSPS) is 11.8. The first-order valence-electron chi connectivity index (χ1n) is 6.25. The van der Waals surface area contributed by atoms with Crippen LogP contribution in [0.1, 0.15) is 20.8 Å². The number of rotatable bonds is 7. The summed E-state index contributed by atoms with van der Waals surface area (Å²) < 4.78 is 31.2. The van der Waals surface area contributed by atoms with Gasteiger partial charge < -0.3 is 9.84 Å². The molecule has 0 radical (unpaired) electrons. The molecule has 0 bridgehead atoms. The van der Waals surface area contributed by atoms with Crippen molar-refractivity contribution in [3.63, 3.8) is 0 Å². The molecule has 0 saturated heterocycles. The minimum absolute atomic E-state index is 0.0263. The number of carboxylic acid groups (broad SMARTS) is 1. The lowest BCUT2D eigenvalue weighted by Crippen LogP contribution is -2.40. The molecule has 0 spiro atoms. The number of carbonyl (C=O) groups is 1. The highest BCUT2D eigenvalue weighted by Crippen LogP contribution is 2.22. The average molecular weight is 301 g/mol. The van der Waals surface area contributed by atoms with Gasteiger partial charge in [0.25, 0.3) is 0 Å². The van der Waals surface area contributed by atoms with Gasteiger partial charge in [-0.25, -0.2) is 8.42 Å². The first kappa shape index (κ1) is 16.5. The maximum atomic E-state index is 12.5. The van der Waals surface area contributed by atoms with Gasteiger partial charge in [0, 0.05) is 12.1 Å². The van der Waals surface area contributed by atoms with Crippen LogP contribution in [-0.2, 0) is 14.8 Å². The van der Waals surface area contributed by atoms with Crippen LogP contribution in [0.4, 0.5) is 0 Å². The molecule has 0 unspecified atom stereocenters. The van der Waals surface area contributed by atoms with Gasteiger partial charge in [0.05, 0.1) is 11.5 Å². The Labute approximate surface area is 119 Å². The number of aliphatic carboxylic acids is 1. The number of hydrogen-bond donors (Lipinski definition) is 1. The topological polar surface area (TPSA) is 83.9 Å². The van der Waals surface area contributed by atoms with Crippen molar-refractivity contribution in [1.82, 2.24) is 4.31 Å². The van der Waals surface area contributed by atoms with Crippen LogP contribution in [0.25, 0.3) is 0 Å². The molecule has 0 aromatic heterocycles. The lowest BCUT2D eigenvalue weighted by molar-refractivity contribution is -0.137. The molecule has 6 nitrogen and oxygen atoms in total. The maximum absolute atomic E-state index is 12.5. The van der Waals surface area contributed by atoms with Crippen molar-refractivity contribution in [1.29, 1.82) is 0 Å². The summed E-state index contributed by atoms with van der Waals surface area (Å²) in [5, 5.41) is 8.85. The predicted molar refractivity (Wildman–Crippen MR) is 74.3 cm³/mol. The van der Waals surface area contributed by atoms with Gasteiger partial charge in [-0.15, -0.1) is 0 Å². The number of ether oxygens (including phenoxy) is 1. The standard InChI is InChI=1S/C13H19NO5S/c1-4-19-11-6-5-7-12(8-11)20(17,18)14(10(2)3)9-13(15)16/h5-8,10H,4,9H2,1-3H3,(H,15,16). The number of benzene rings is 1. The Kier molecular flexibility index (Phi) is 5.52. The van der Waals surface area contributed by atoms with Gasteiger partial charge in [-0.2, -0.15) is 4.31 Å². The summed E-state index contributed by atoms with van der Waals surface area (Å²) in [5.74, 6) is -0.754. The van der Waals surface area contributed by atoms with E-state index >= 15 is 0 Å². The molecule has 0 saturated carbocycles. The van der Waals surface area contributed by atoms with E-state index in [4.69, 9.17) is 9.84 Å². The average Bonchev–Trinajstić information content (AvgIpc) is 2.36. The predicted octanol–water partition coefficient (Wildman–Crippen LogP) is 1.57. The minimum atomic E-state index is -3.86. The fourth-order valence-electron chi connectivity index (χ4n) is 1.70. The molecule has 1 N–H and O–H groups in total. The van der Waals surface area contributed by atoms with Gasteiger partial charge in [-0.1, -0.05) is 6.07 Å². The molecule has 0 amide bonds. The van der Waals surface area contributed by atoms with E-state index < -0.39 is 28.6 Å². The molecule has 0 atom stereocenters. The Balaban J connectivity index is 3.18. The van der Waals surface area contributed by atoms with Gasteiger partial charge in [0.1, 0.15) is 12.3 Å². The van der Waals surface area contributed by atoms with Crippen LogP contribution >= 0.6 is 0 Å². The highest BCUT2D eigenvalue weighted by atomic mass is 32.2. The first-order chi connectivity index (χ1) is 9.28. The van der Waals surface area contributed by atoms with E-state index in [1.165, 1.54) is 12.1 Å². The van der Waals surface area contributed by atoms with Crippen LogP contribution in [0.15, 0.2) is 29.2 Å². The molecule has 20 heavy (non-hydrogen) atoms. The fourth-order valence-corrected chi connectivity index (χ4v) is 3.33. The highest BCUT2D eigenvalue weighted by molar-refractivity contribution is 7.89. The smallest absolute Gasteiger partial charge is 0.318 e. The summed E-state index contributed by atoms with van der Waals surface area (Å²) in [5.41, 5.74) is 0. The summed E-state index contributed by atoms with van der Waals surface area (Å²) in [6.07, 6.45) is 0. The molecule has 112 valence electrons. The Morgan fingerprint density at radius 3 is 2.55 bits per heavy atom. The molecule has 7 heteroatoms. The van der Waals surface area contributed by atoms with Gasteiger partial charge in [0.15, 0.2) is 0 Å². The van der Waals surface area contributed by atoms with Gasteiger partial charge in [0.2, 0.25) is 10.0 Å². The van der Waals surface area contributed by atoms with E-state index in [1.54, 1.807) is 32.9 Å². The van der Waals surface area contributed by atoms with E-state index in [0.29, 0.717) is 12.4 Å². The second-order valence-electron chi connectivity index (χ2n) is 4.45. The quantitative estimate of drug-likeness (QED) is 0.826. The summed E-state index contributed by atoms with van der Waals surface area (Å²) >= 11 is 0. The van der Waals surface area contributed by atoms with Crippen LogP contribution in [0.2, 0.25) is 0 Å². The Bertz CT molecular complexity index is 568. The van der Waals surface area contributed by atoms with Crippen LogP contribution in [0, 0.1) is 0 Å². The van der Waals surface area contributed by atoms with Crippen molar-refractivity contribution in [2.75, 3.05) is 13.2 Å². The number of nitrogens with zero attached hydrogens (tertiary/aromatic N) is 1. The summed E-state index contributed by atoms with van der Waals surface area (Å²) in [6, 6.07) is 5.59. The van der Waals surface area contributed by atoms with E-state index in [1.807, 2.05) is 0 Å². The first-order valence-corrected chi connectivity index (χ1v) is 7.69. The van der Waals surface area contributed by atoms with Crippen molar-refractivity contribution < 1.29 is 23.1 Å². The van der Waals surface area contributed by atoms with Crippen LogP contribution in [0.5, 0.6) is 5.75 Å². The lowest BCUT2D eigenvalue weighted by atomic mass is 10.3. The van der Waals surface area contributed by atoms with Gasteiger partial charge in [-0.3, -0.25) is 4.79 Å². The molecule has 0 aliphatic heterocycles. The maximum Gasteiger partial charge on any atom is 0.318 e. The molecule has 1 aromatic carbocycles. The molecular weight excluding hydrogens is 282 g/mol. The third-order valence-corrected chi connectivity index (χ3v) is 4.61. The van der Waals surface area contributed by atoms with Crippen molar-refractivity contribution in [2.45, 2.75) is 31.7 Å². The van der Waals surface area contributed by atoms with Crippen LogP contribution in [-0.4, -0.2) is 43.0 Å². The zero-order valence-corrected chi connectivity index (χ0v) is 12.6. The molecule has 1 aromatic rings. The molecule has 0 fully saturated rings. The minimum Gasteiger partial charge on any atom is -0.494 e. The number of carboxylic acids is 1. The fraction of sp³-hybridized carbons (Fsp3) is 0.462. The van der Waals surface area contributed by atoms with Crippen molar-refractivity contribution in [3.05, 3.63) is 24.3 Å². The second-order valence-corrected chi connectivity index (χ2v) is 6.34. The molecule has 0 heterocycles. The van der Waals surface area contributed by atoms with E-state index in [-0.39, 0.29) is 4.90 Å². The van der Waals surface area contributed by atoms with Crippen molar-refractivity contribution >= 4 is 16.0 Å². The zero-order chi connectivity index (χ0) is 15.3. The largest absolute Gasteiger partial charge is 0.494 e. The zero-order valence-electron chi connectivity index (χ0n) is 11.7. The highest BCUT2D eigenvalue weighted by Gasteiger charge is 2.29. The van der Waals surface area contributed by atoms with E-state index in [2.05, 4.69) is 0 Å². The lowest BCUT2D eigenvalue weighted by Gasteiger charge is -2.24. The number of sulfonamides is 1. The van der Waals surface area contributed by atoms with Crippen molar-refractivity contribution in [3.8, 4) is 5.75 Å². The van der Waals surface area contributed by atoms with Crippen LogP contribution < -0.4 is 4.74 Å². The van der Waals surface area contributed by atoms with Gasteiger partial charge in [-0.05, 0) is 32.9 Å². The third-order valence-electron chi connectivity index (χ3n) is 2.59. The Hall–Kier alpha value is -1.60. The monoisotopic (exact) mass is 301 g/mol. The van der Waals surface area contributed by atoms with Crippen molar-refractivity contribution in [2.24, 2.45) is 0 Å². The van der Waals surface area contributed by atoms with E-state index in [0.717, 1.165) is 4.31 Å². The Morgan fingerprint density at radius 1 is 1.40 bits per heavy atom. The Morgan fingerprint density at radius 2 is 2.05 bits per heavy atom.